The molecule has 1 aliphatic rings. The summed E-state index contributed by atoms with van der Waals surface area (Å²) in [6.45, 7) is 0. The maximum Gasteiger partial charge on any atom is 0.227 e. The predicted octanol–water partition coefficient (Wildman–Crippen LogP) is 1.47. The molecule has 92 valence electrons. The third-order valence-electron chi connectivity index (χ3n) is 3.19. The van der Waals surface area contributed by atoms with Gasteiger partial charge in [0.1, 0.15) is 0 Å². The first-order valence-electron chi connectivity index (χ1n) is 6.03. The second kappa shape index (κ2) is 5.23. The van der Waals surface area contributed by atoms with E-state index in [1.807, 2.05) is 0 Å². The van der Waals surface area contributed by atoms with Crippen molar-refractivity contribution >= 4 is 11.7 Å². The highest BCUT2D eigenvalue weighted by Crippen LogP contribution is 2.28. The number of nitrogens with two attached hydrogens (primary N) is 1. The van der Waals surface area contributed by atoms with Crippen LogP contribution >= 0.6 is 0 Å². The van der Waals surface area contributed by atoms with Crippen LogP contribution in [0.2, 0.25) is 0 Å². The molecule has 1 aromatic rings. The summed E-state index contributed by atoms with van der Waals surface area (Å²) >= 11 is 0. The molecular formula is C12H18N4O. The quantitative estimate of drug-likeness (QED) is 0.829. The van der Waals surface area contributed by atoms with E-state index in [-0.39, 0.29) is 11.4 Å². The number of carbonyl (C=O) groups is 1. The standard InChI is InChI=1S/C12H18N4O/c13-12(4-2-1-3-5-12)8-11(17)16-10-9-14-6-7-15-10/h6-7,9H,1-5,8,13H2,(H,15,16,17). The summed E-state index contributed by atoms with van der Waals surface area (Å²) in [7, 11) is 0. The molecule has 1 heterocycles. The lowest BCUT2D eigenvalue weighted by Crippen LogP contribution is -2.44. The first-order valence-corrected chi connectivity index (χ1v) is 6.03. The highest BCUT2D eigenvalue weighted by atomic mass is 16.1. The first-order chi connectivity index (χ1) is 8.18. The molecule has 0 aliphatic heterocycles. The number of carbonyl (C=O) groups excluding carboxylic acids is 1. The SMILES string of the molecule is NC1(CC(=O)Nc2cnccn2)CCCCC1. The molecule has 1 aromatic heterocycles. The van der Waals surface area contributed by atoms with Gasteiger partial charge >= 0.3 is 0 Å². The average Bonchev–Trinajstić information content (AvgIpc) is 2.30. The third-order valence-corrected chi connectivity index (χ3v) is 3.19. The van der Waals surface area contributed by atoms with Crippen molar-refractivity contribution in [2.45, 2.75) is 44.1 Å². The molecule has 5 heteroatoms. The second-order valence-electron chi connectivity index (χ2n) is 4.74. The number of amides is 1. The minimum atomic E-state index is -0.329. The molecule has 1 amide bonds. The minimum absolute atomic E-state index is 0.0742. The van der Waals surface area contributed by atoms with Crippen molar-refractivity contribution in [1.29, 1.82) is 0 Å². The van der Waals surface area contributed by atoms with E-state index in [0.717, 1.165) is 25.7 Å². The van der Waals surface area contributed by atoms with Gasteiger partial charge in [-0.2, -0.15) is 0 Å². The van der Waals surface area contributed by atoms with Crippen molar-refractivity contribution in [1.82, 2.24) is 9.97 Å². The fourth-order valence-corrected chi connectivity index (χ4v) is 2.30. The number of hydrogen-bond donors (Lipinski definition) is 2. The molecule has 0 aromatic carbocycles. The highest BCUT2D eigenvalue weighted by Gasteiger charge is 2.29. The van der Waals surface area contributed by atoms with Gasteiger partial charge in [-0.05, 0) is 12.8 Å². The van der Waals surface area contributed by atoms with Gasteiger partial charge in [-0.15, -0.1) is 0 Å². The number of nitrogens with one attached hydrogen (secondary N) is 1. The summed E-state index contributed by atoms with van der Waals surface area (Å²) in [5, 5.41) is 2.72. The number of nitrogens with zero attached hydrogens (tertiary/aromatic N) is 2. The van der Waals surface area contributed by atoms with Crippen LogP contribution < -0.4 is 11.1 Å². The third kappa shape index (κ3) is 3.49. The van der Waals surface area contributed by atoms with Crippen molar-refractivity contribution in [2.24, 2.45) is 5.73 Å². The fourth-order valence-electron chi connectivity index (χ4n) is 2.30. The van der Waals surface area contributed by atoms with E-state index in [1.165, 1.54) is 12.6 Å². The zero-order valence-electron chi connectivity index (χ0n) is 9.85. The lowest BCUT2D eigenvalue weighted by atomic mass is 9.80. The van der Waals surface area contributed by atoms with E-state index in [9.17, 15) is 4.79 Å². The lowest BCUT2D eigenvalue weighted by molar-refractivity contribution is -0.117. The van der Waals surface area contributed by atoms with Gasteiger partial charge in [-0.1, -0.05) is 19.3 Å². The molecule has 1 fully saturated rings. The zero-order valence-corrected chi connectivity index (χ0v) is 9.85. The van der Waals surface area contributed by atoms with E-state index in [0.29, 0.717) is 12.2 Å². The van der Waals surface area contributed by atoms with Gasteiger partial charge in [0.05, 0.1) is 6.20 Å². The molecule has 0 unspecified atom stereocenters. The molecule has 1 saturated carbocycles. The Morgan fingerprint density at radius 1 is 1.35 bits per heavy atom. The number of rotatable bonds is 3. The normalized spacial score (nSPS) is 18.6. The maximum absolute atomic E-state index is 11.8. The molecule has 5 nitrogen and oxygen atoms in total. The topological polar surface area (TPSA) is 80.9 Å². The van der Waals surface area contributed by atoms with Crippen LogP contribution in [-0.2, 0) is 4.79 Å². The molecular weight excluding hydrogens is 216 g/mol. The van der Waals surface area contributed by atoms with Gasteiger partial charge in [-0.3, -0.25) is 9.78 Å². The predicted molar refractivity (Wildman–Crippen MR) is 65.3 cm³/mol. The van der Waals surface area contributed by atoms with E-state index in [2.05, 4.69) is 15.3 Å². The molecule has 0 atom stereocenters. The van der Waals surface area contributed by atoms with Crippen LogP contribution in [0.3, 0.4) is 0 Å². The number of aromatic nitrogens is 2. The molecule has 17 heavy (non-hydrogen) atoms. The van der Waals surface area contributed by atoms with Crippen molar-refractivity contribution in [2.75, 3.05) is 5.32 Å². The Hall–Kier alpha value is -1.49. The summed E-state index contributed by atoms with van der Waals surface area (Å²) in [6.07, 6.45) is 10.3. The maximum atomic E-state index is 11.8. The molecule has 2 rings (SSSR count). The Labute approximate surface area is 101 Å². The van der Waals surface area contributed by atoms with Crippen molar-refractivity contribution < 1.29 is 4.79 Å². The summed E-state index contributed by atoms with van der Waals surface area (Å²) in [4.78, 5) is 19.7. The highest BCUT2D eigenvalue weighted by molar-refractivity contribution is 5.90. The van der Waals surface area contributed by atoms with E-state index < -0.39 is 0 Å². The number of anilines is 1. The van der Waals surface area contributed by atoms with E-state index in [1.54, 1.807) is 12.4 Å². The van der Waals surface area contributed by atoms with Crippen molar-refractivity contribution in [3.63, 3.8) is 0 Å². The molecule has 0 spiro atoms. The minimum Gasteiger partial charge on any atom is -0.325 e. The average molecular weight is 234 g/mol. The summed E-state index contributed by atoms with van der Waals surface area (Å²) in [6, 6.07) is 0. The van der Waals surface area contributed by atoms with Gasteiger partial charge in [0.25, 0.3) is 0 Å². The Morgan fingerprint density at radius 2 is 2.12 bits per heavy atom. The lowest BCUT2D eigenvalue weighted by Gasteiger charge is -2.32. The summed E-state index contributed by atoms with van der Waals surface area (Å²) in [5.74, 6) is 0.409. The summed E-state index contributed by atoms with van der Waals surface area (Å²) < 4.78 is 0. The van der Waals surface area contributed by atoms with E-state index >= 15 is 0 Å². The largest absolute Gasteiger partial charge is 0.325 e. The van der Waals surface area contributed by atoms with Crippen LogP contribution in [0, 0.1) is 0 Å². The van der Waals surface area contributed by atoms with Gasteiger partial charge in [0.2, 0.25) is 5.91 Å². The van der Waals surface area contributed by atoms with Gasteiger partial charge in [-0.25, -0.2) is 4.98 Å². The van der Waals surface area contributed by atoms with E-state index in [4.69, 9.17) is 5.73 Å². The van der Waals surface area contributed by atoms with Crippen molar-refractivity contribution in [3.05, 3.63) is 18.6 Å². The molecule has 3 N–H and O–H groups in total. The second-order valence-corrected chi connectivity index (χ2v) is 4.74. The zero-order chi connectivity index (χ0) is 12.1. The molecule has 0 bridgehead atoms. The smallest absolute Gasteiger partial charge is 0.227 e. The fraction of sp³-hybridized carbons (Fsp3) is 0.583. The summed E-state index contributed by atoms with van der Waals surface area (Å²) in [5.41, 5.74) is 5.89. The Kier molecular flexibility index (Phi) is 3.68. The van der Waals surface area contributed by atoms with Gasteiger partial charge < -0.3 is 11.1 Å². The Morgan fingerprint density at radius 3 is 2.76 bits per heavy atom. The molecule has 0 saturated heterocycles. The van der Waals surface area contributed by atoms with Crippen LogP contribution in [-0.4, -0.2) is 21.4 Å². The van der Waals surface area contributed by atoms with Crippen LogP contribution in [0.4, 0.5) is 5.82 Å². The van der Waals surface area contributed by atoms with Crippen molar-refractivity contribution in [3.8, 4) is 0 Å². The molecule has 1 aliphatic carbocycles. The van der Waals surface area contributed by atoms with Gasteiger partial charge in [0.15, 0.2) is 5.82 Å². The van der Waals surface area contributed by atoms with Crippen LogP contribution in [0.5, 0.6) is 0 Å². The van der Waals surface area contributed by atoms with Gasteiger partial charge in [0, 0.05) is 24.4 Å². The Bertz CT molecular complexity index is 373. The monoisotopic (exact) mass is 234 g/mol. The first kappa shape index (κ1) is 12.0. The Balaban J connectivity index is 1.88. The van der Waals surface area contributed by atoms with Crippen LogP contribution in [0.15, 0.2) is 18.6 Å². The van der Waals surface area contributed by atoms with Crippen LogP contribution in [0.1, 0.15) is 38.5 Å². The molecule has 0 radical (unpaired) electrons. The number of hydrogen-bond acceptors (Lipinski definition) is 4. The van der Waals surface area contributed by atoms with Crippen LogP contribution in [0.25, 0.3) is 0 Å².